The predicted molar refractivity (Wildman–Crippen MR) is 117 cm³/mol. The van der Waals surface area contributed by atoms with Crippen LogP contribution in [0.4, 0.5) is 0 Å². The van der Waals surface area contributed by atoms with Crippen LogP contribution in [0.15, 0.2) is 0 Å². The molecule has 25 heavy (non-hydrogen) atoms. The van der Waals surface area contributed by atoms with Crippen LogP contribution in [-0.4, -0.2) is 36.5 Å². The van der Waals surface area contributed by atoms with Crippen molar-refractivity contribution in [1.29, 1.82) is 0 Å². The molecule has 0 atom stereocenters. The van der Waals surface area contributed by atoms with Crippen molar-refractivity contribution in [2.24, 2.45) is 0 Å². The second-order valence-electron chi connectivity index (χ2n) is 7.27. The molecule has 0 N–H and O–H groups in total. The topological polar surface area (TPSA) is 26.3 Å². The molecule has 0 rings (SSSR count). The molecule has 2 nitrogen and oxygen atoms in total. The van der Waals surface area contributed by atoms with Gasteiger partial charge >= 0.3 is 29.9 Å². The van der Waals surface area contributed by atoms with Crippen molar-refractivity contribution in [2.75, 3.05) is 6.61 Å². The molecule has 0 unspecified atom stereocenters. The van der Waals surface area contributed by atoms with Crippen molar-refractivity contribution in [3.8, 4) is 0 Å². The summed E-state index contributed by atoms with van der Waals surface area (Å²) in [7, 11) is 0. The van der Waals surface area contributed by atoms with Gasteiger partial charge in [0, 0.05) is 6.42 Å². The molecule has 0 aliphatic rings. The Kier molecular flexibility index (Phi) is 26.7. The molecular formula is C22H48O2Sn. The summed E-state index contributed by atoms with van der Waals surface area (Å²) in [4.78, 5) is 11.4. The molecular weight excluding hydrogens is 415 g/mol. The quantitative estimate of drug-likeness (QED) is 0.131. The first-order chi connectivity index (χ1) is 11.8. The molecule has 0 amide bonds. The van der Waals surface area contributed by atoms with Gasteiger partial charge in [-0.05, 0) is 12.8 Å². The molecule has 0 saturated carbocycles. The van der Waals surface area contributed by atoms with Gasteiger partial charge in [0.05, 0.1) is 6.61 Å². The van der Waals surface area contributed by atoms with Gasteiger partial charge in [0.15, 0.2) is 0 Å². The number of hydrogen-bond acceptors (Lipinski definition) is 2. The molecule has 0 bridgehead atoms. The molecule has 0 aromatic carbocycles. The van der Waals surface area contributed by atoms with Gasteiger partial charge < -0.3 is 4.74 Å². The first-order valence-electron chi connectivity index (χ1n) is 11.0. The second-order valence-corrected chi connectivity index (χ2v) is 7.27. The van der Waals surface area contributed by atoms with Crippen LogP contribution in [0.1, 0.15) is 129 Å². The average Bonchev–Trinajstić information content (AvgIpc) is 2.58. The second kappa shape index (κ2) is 24.3. The SMILES string of the molecule is CCCCCCCCCCCCCCCCCC(=O)OCCCC.[SnH4]. The van der Waals surface area contributed by atoms with Crippen LogP contribution in [0.5, 0.6) is 0 Å². The Hall–Kier alpha value is 0.269. The van der Waals surface area contributed by atoms with Crippen LogP contribution in [0.3, 0.4) is 0 Å². The molecule has 0 aliphatic carbocycles. The van der Waals surface area contributed by atoms with Gasteiger partial charge in [-0.2, -0.15) is 0 Å². The number of rotatable bonds is 19. The summed E-state index contributed by atoms with van der Waals surface area (Å²) in [5.74, 6) is -0.00172. The van der Waals surface area contributed by atoms with E-state index in [2.05, 4.69) is 13.8 Å². The Labute approximate surface area is 175 Å². The van der Waals surface area contributed by atoms with Crippen LogP contribution in [0, 0.1) is 0 Å². The third-order valence-corrected chi connectivity index (χ3v) is 4.75. The van der Waals surface area contributed by atoms with E-state index in [1.165, 1.54) is 89.9 Å². The normalized spacial score (nSPS) is 10.5. The minimum absolute atomic E-state index is 0. The summed E-state index contributed by atoms with van der Waals surface area (Å²) >= 11 is 0. The Morgan fingerprint density at radius 3 is 1.32 bits per heavy atom. The number of hydrogen-bond donors (Lipinski definition) is 0. The third-order valence-electron chi connectivity index (χ3n) is 4.75. The van der Waals surface area contributed by atoms with E-state index >= 15 is 0 Å². The standard InChI is InChI=1S/C22H44O2.Sn.4H/c1-3-5-7-8-9-10-11-12-13-14-15-16-17-18-19-20-22(23)24-21-6-4-2;;;;;/h3-21H2,1-2H3;;;;;. The summed E-state index contributed by atoms with van der Waals surface area (Å²) in [5, 5.41) is 0. The molecule has 3 heteroatoms. The van der Waals surface area contributed by atoms with E-state index in [9.17, 15) is 4.79 Å². The van der Waals surface area contributed by atoms with Crippen LogP contribution < -0.4 is 0 Å². The van der Waals surface area contributed by atoms with Crippen LogP contribution in [-0.2, 0) is 9.53 Å². The van der Waals surface area contributed by atoms with Gasteiger partial charge in [-0.25, -0.2) is 0 Å². The van der Waals surface area contributed by atoms with Crippen molar-refractivity contribution in [2.45, 2.75) is 129 Å². The van der Waals surface area contributed by atoms with Crippen LogP contribution in [0.25, 0.3) is 0 Å². The Bertz CT molecular complexity index is 256. The first-order valence-corrected chi connectivity index (χ1v) is 11.0. The van der Waals surface area contributed by atoms with Crippen molar-refractivity contribution >= 4 is 29.9 Å². The fraction of sp³-hybridized carbons (Fsp3) is 0.955. The molecule has 0 aromatic heterocycles. The zero-order valence-corrected chi connectivity index (χ0v) is 16.8. The minimum atomic E-state index is -0.00172. The zero-order chi connectivity index (χ0) is 17.7. The van der Waals surface area contributed by atoms with E-state index in [4.69, 9.17) is 4.74 Å². The molecule has 0 heterocycles. The Morgan fingerprint density at radius 1 is 0.560 bits per heavy atom. The third kappa shape index (κ3) is 24.3. The summed E-state index contributed by atoms with van der Waals surface area (Å²) in [6.07, 6.45) is 23.1. The van der Waals surface area contributed by atoms with Crippen molar-refractivity contribution in [3.05, 3.63) is 0 Å². The van der Waals surface area contributed by atoms with Gasteiger partial charge in [-0.15, -0.1) is 0 Å². The zero-order valence-electron chi connectivity index (χ0n) is 16.8. The fourth-order valence-corrected chi connectivity index (χ4v) is 3.04. The fourth-order valence-electron chi connectivity index (χ4n) is 3.04. The Morgan fingerprint density at radius 2 is 0.920 bits per heavy atom. The molecule has 0 aliphatic heterocycles. The Balaban J connectivity index is 0. The molecule has 0 spiro atoms. The molecule has 152 valence electrons. The summed E-state index contributed by atoms with van der Waals surface area (Å²) in [5.41, 5.74) is 0. The number of carbonyl (C=O) groups excluding carboxylic acids is 1. The van der Waals surface area contributed by atoms with Crippen molar-refractivity contribution < 1.29 is 9.53 Å². The monoisotopic (exact) mass is 464 g/mol. The van der Waals surface area contributed by atoms with E-state index in [-0.39, 0.29) is 29.9 Å². The predicted octanol–water partition coefficient (Wildman–Crippen LogP) is 6.14. The average molecular weight is 463 g/mol. The number of esters is 1. The number of unbranched alkanes of at least 4 members (excludes halogenated alkanes) is 15. The summed E-state index contributed by atoms with van der Waals surface area (Å²) in [6, 6.07) is 0. The molecule has 0 fully saturated rings. The number of ether oxygens (including phenoxy) is 1. The van der Waals surface area contributed by atoms with Gasteiger partial charge in [0.1, 0.15) is 0 Å². The van der Waals surface area contributed by atoms with E-state index in [0.717, 1.165) is 19.3 Å². The van der Waals surface area contributed by atoms with E-state index in [1.54, 1.807) is 0 Å². The van der Waals surface area contributed by atoms with E-state index < -0.39 is 0 Å². The van der Waals surface area contributed by atoms with Gasteiger partial charge in [-0.1, -0.05) is 110 Å². The summed E-state index contributed by atoms with van der Waals surface area (Å²) < 4.78 is 5.16. The maximum absolute atomic E-state index is 11.4. The molecule has 0 aromatic rings. The van der Waals surface area contributed by atoms with Gasteiger partial charge in [0.25, 0.3) is 0 Å². The van der Waals surface area contributed by atoms with Crippen LogP contribution >= 0.6 is 0 Å². The van der Waals surface area contributed by atoms with Gasteiger partial charge in [0.2, 0.25) is 0 Å². The van der Waals surface area contributed by atoms with Gasteiger partial charge in [-0.3, -0.25) is 4.79 Å². The number of carbonyl (C=O) groups is 1. The van der Waals surface area contributed by atoms with Crippen LogP contribution in [0.2, 0.25) is 0 Å². The van der Waals surface area contributed by atoms with Crippen molar-refractivity contribution in [3.63, 3.8) is 0 Å². The summed E-state index contributed by atoms with van der Waals surface area (Å²) in [6.45, 7) is 5.00. The van der Waals surface area contributed by atoms with Crippen molar-refractivity contribution in [1.82, 2.24) is 0 Å². The first kappa shape index (κ1) is 27.5. The molecule has 0 radical (unpaired) electrons. The molecule has 0 saturated heterocycles. The van der Waals surface area contributed by atoms with E-state index in [0.29, 0.717) is 13.0 Å². The maximum atomic E-state index is 11.4. The van der Waals surface area contributed by atoms with E-state index in [1.807, 2.05) is 0 Å².